The van der Waals surface area contributed by atoms with Crippen molar-refractivity contribution in [3.8, 4) is 0 Å². The van der Waals surface area contributed by atoms with Crippen molar-refractivity contribution >= 4 is 17.6 Å². The van der Waals surface area contributed by atoms with E-state index in [1.54, 1.807) is 25.2 Å². The van der Waals surface area contributed by atoms with Gasteiger partial charge in [-0.3, -0.25) is 9.69 Å². The quantitative estimate of drug-likeness (QED) is 0.608. The van der Waals surface area contributed by atoms with Gasteiger partial charge in [0.2, 0.25) is 0 Å². The van der Waals surface area contributed by atoms with E-state index >= 15 is 0 Å². The number of hydrogen-bond donors (Lipinski definition) is 3. The zero-order valence-corrected chi connectivity index (χ0v) is 17.8. The second kappa shape index (κ2) is 11.2. The lowest BCUT2D eigenvalue weighted by molar-refractivity contribution is 0.0962. The maximum Gasteiger partial charge on any atom is 0.319 e. The number of urea groups is 1. The molecule has 0 spiro atoms. The highest BCUT2D eigenvalue weighted by Gasteiger charge is 2.18. The SMILES string of the molecule is CCN(CC)C(CNC(=O)Nc1cccc(C(=O)NC)c1C)Cc1ccccc1. The first-order valence-electron chi connectivity index (χ1n) is 10.1. The van der Waals surface area contributed by atoms with Gasteiger partial charge >= 0.3 is 6.03 Å². The van der Waals surface area contributed by atoms with Crippen molar-refractivity contribution in [2.75, 3.05) is 32.0 Å². The first-order chi connectivity index (χ1) is 14.0. The summed E-state index contributed by atoms with van der Waals surface area (Å²) in [5, 5.41) is 8.49. The van der Waals surface area contributed by atoms with E-state index in [-0.39, 0.29) is 18.0 Å². The fourth-order valence-electron chi connectivity index (χ4n) is 3.49. The van der Waals surface area contributed by atoms with Gasteiger partial charge in [0.25, 0.3) is 5.91 Å². The van der Waals surface area contributed by atoms with Crippen LogP contribution in [0, 0.1) is 6.92 Å². The Balaban J connectivity index is 2.03. The van der Waals surface area contributed by atoms with Crippen molar-refractivity contribution in [2.45, 2.75) is 33.2 Å². The zero-order valence-electron chi connectivity index (χ0n) is 17.8. The third kappa shape index (κ3) is 6.32. The molecule has 156 valence electrons. The summed E-state index contributed by atoms with van der Waals surface area (Å²) in [6.07, 6.45) is 0.869. The fraction of sp³-hybridized carbons (Fsp3) is 0.391. The molecule has 6 nitrogen and oxygen atoms in total. The Labute approximate surface area is 173 Å². The van der Waals surface area contributed by atoms with Gasteiger partial charge in [-0.2, -0.15) is 0 Å². The van der Waals surface area contributed by atoms with Gasteiger partial charge in [0.1, 0.15) is 0 Å². The summed E-state index contributed by atoms with van der Waals surface area (Å²) in [5.41, 5.74) is 3.17. The predicted molar refractivity (Wildman–Crippen MR) is 118 cm³/mol. The molecule has 0 fully saturated rings. The maximum atomic E-state index is 12.5. The molecular weight excluding hydrogens is 364 g/mol. The lowest BCUT2D eigenvalue weighted by Gasteiger charge is -2.30. The minimum absolute atomic E-state index is 0.170. The number of hydrogen-bond acceptors (Lipinski definition) is 3. The van der Waals surface area contributed by atoms with Crippen LogP contribution in [0.15, 0.2) is 48.5 Å². The minimum atomic E-state index is -0.271. The molecule has 3 amide bonds. The van der Waals surface area contributed by atoms with Crippen LogP contribution in [0.4, 0.5) is 10.5 Å². The third-order valence-electron chi connectivity index (χ3n) is 5.19. The van der Waals surface area contributed by atoms with Gasteiger partial charge in [0.15, 0.2) is 0 Å². The Morgan fingerprint density at radius 2 is 1.69 bits per heavy atom. The molecule has 0 saturated heterocycles. The summed E-state index contributed by atoms with van der Waals surface area (Å²) in [6.45, 7) is 8.48. The average Bonchev–Trinajstić information content (AvgIpc) is 2.74. The van der Waals surface area contributed by atoms with E-state index in [9.17, 15) is 9.59 Å². The molecule has 0 aromatic heterocycles. The van der Waals surface area contributed by atoms with Crippen molar-refractivity contribution in [1.82, 2.24) is 15.5 Å². The number of carbonyl (C=O) groups is 2. The summed E-state index contributed by atoms with van der Waals surface area (Å²) in [4.78, 5) is 26.8. The number of nitrogens with zero attached hydrogens (tertiary/aromatic N) is 1. The molecule has 3 N–H and O–H groups in total. The van der Waals surface area contributed by atoms with Gasteiger partial charge < -0.3 is 16.0 Å². The van der Waals surface area contributed by atoms with E-state index in [1.807, 2.05) is 25.1 Å². The predicted octanol–water partition coefficient (Wildman–Crippen LogP) is 3.43. The van der Waals surface area contributed by atoms with E-state index in [0.29, 0.717) is 17.8 Å². The molecule has 2 rings (SSSR count). The molecule has 2 aromatic carbocycles. The van der Waals surface area contributed by atoms with Crippen molar-refractivity contribution in [3.63, 3.8) is 0 Å². The van der Waals surface area contributed by atoms with Gasteiger partial charge in [-0.25, -0.2) is 4.79 Å². The number of rotatable bonds is 9. The first kappa shape index (κ1) is 22.4. The van der Waals surface area contributed by atoms with Crippen LogP contribution in [0.25, 0.3) is 0 Å². The Kier molecular flexibility index (Phi) is 8.68. The minimum Gasteiger partial charge on any atom is -0.355 e. The second-order valence-corrected chi connectivity index (χ2v) is 6.96. The van der Waals surface area contributed by atoms with Crippen LogP contribution < -0.4 is 16.0 Å². The number of anilines is 1. The molecule has 2 aromatic rings. The van der Waals surface area contributed by atoms with E-state index < -0.39 is 0 Å². The zero-order chi connectivity index (χ0) is 21.2. The third-order valence-corrected chi connectivity index (χ3v) is 5.19. The van der Waals surface area contributed by atoms with E-state index in [0.717, 1.165) is 25.1 Å². The molecule has 0 bridgehead atoms. The van der Waals surface area contributed by atoms with Crippen molar-refractivity contribution in [2.24, 2.45) is 0 Å². The van der Waals surface area contributed by atoms with Gasteiger partial charge in [-0.15, -0.1) is 0 Å². The highest BCUT2D eigenvalue weighted by atomic mass is 16.2. The Hall–Kier alpha value is -2.86. The van der Waals surface area contributed by atoms with Crippen LogP contribution in [0.3, 0.4) is 0 Å². The summed E-state index contributed by atoms with van der Waals surface area (Å²) in [6, 6.07) is 15.6. The average molecular weight is 397 g/mol. The first-order valence-corrected chi connectivity index (χ1v) is 10.1. The molecule has 1 unspecified atom stereocenters. The number of amides is 3. The molecule has 0 saturated carbocycles. The topological polar surface area (TPSA) is 73.5 Å². The number of nitrogens with one attached hydrogen (secondary N) is 3. The molecule has 1 atom stereocenters. The van der Waals surface area contributed by atoms with Crippen LogP contribution in [0.2, 0.25) is 0 Å². The Bertz CT molecular complexity index is 804. The summed E-state index contributed by atoms with van der Waals surface area (Å²) >= 11 is 0. The Morgan fingerprint density at radius 3 is 2.31 bits per heavy atom. The van der Waals surface area contributed by atoms with E-state index in [2.05, 4.69) is 46.8 Å². The van der Waals surface area contributed by atoms with Gasteiger partial charge in [-0.05, 0) is 49.7 Å². The highest BCUT2D eigenvalue weighted by molar-refractivity contribution is 5.98. The van der Waals surface area contributed by atoms with Crippen LogP contribution in [0.5, 0.6) is 0 Å². The number of carbonyl (C=O) groups excluding carboxylic acids is 2. The fourth-order valence-corrected chi connectivity index (χ4v) is 3.49. The smallest absolute Gasteiger partial charge is 0.319 e. The highest BCUT2D eigenvalue weighted by Crippen LogP contribution is 2.19. The maximum absolute atomic E-state index is 12.5. The standard InChI is InChI=1S/C23H32N4O2/c1-5-27(6-2)19(15-18-11-8-7-9-12-18)16-25-23(29)26-21-14-10-13-20(17(21)3)22(28)24-4/h7-14,19H,5-6,15-16H2,1-4H3,(H,24,28)(H2,25,26,29). The van der Waals surface area contributed by atoms with Crippen LogP contribution >= 0.6 is 0 Å². The Morgan fingerprint density at radius 1 is 1.00 bits per heavy atom. The van der Waals surface area contributed by atoms with Crippen LogP contribution in [-0.2, 0) is 6.42 Å². The van der Waals surface area contributed by atoms with E-state index in [4.69, 9.17) is 0 Å². The van der Waals surface area contributed by atoms with Crippen molar-refractivity contribution < 1.29 is 9.59 Å². The molecule has 0 aliphatic carbocycles. The molecule has 29 heavy (non-hydrogen) atoms. The monoisotopic (exact) mass is 396 g/mol. The number of benzene rings is 2. The van der Waals surface area contributed by atoms with Gasteiger partial charge in [0, 0.05) is 30.9 Å². The molecule has 0 heterocycles. The van der Waals surface area contributed by atoms with Crippen molar-refractivity contribution in [1.29, 1.82) is 0 Å². The molecular formula is C23H32N4O2. The summed E-state index contributed by atoms with van der Waals surface area (Å²) in [5.74, 6) is -0.170. The lowest BCUT2D eigenvalue weighted by atomic mass is 10.0. The number of likely N-dealkylation sites (N-methyl/N-ethyl adjacent to an activating group) is 1. The largest absolute Gasteiger partial charge is 0.355 e. The van der Waals surface area contributed by atoms with Gasteiger partial charge in [0.05, 0.1) is 0 Å². The van der Waals surface area contributed by atoms with Crippen LogP contribution in [-0.4, -0.2) is 49.6 Å². The molecule has 0 aliphatic rings. The second-order valence-electron chi connectivity index (χ2n) is 6.96. The normalized spacial score (nSPS) is 11.8. The van der Waals surface area contributed by atoms with E-state index in [1.165, 1.54) is 5.56 Å². The van der Waals surface area contributed by atoms with Crippen LogP contribution in [0.1, 0.15) is 35.3 Å². The van der Waals surface area contributed by atoms with Crippen molar-refractivity contribution in [3.05, 3.63) is 65.2 Å². The molecule has 0 aliphatic heterocycles. The van der Waals surface area contributed by atoms with Gasteiger partial charge in [-0.1, -0.05) is 50.2 Å². The molecule has 6 heteroatoms. The summed E-state index contributed by atoms with van der Waals surface area (Å²) in [7, 11) is 1.59. The lowest BCUT2D eigenvalue weighted by Crippen LogP contribution is -2.46. The molecule has 0 radical (unpaired) electrons. The summed E-state index contributed by atoms with van der Waals surface area (Å²) < 4.78 is 0.